The second-order valence-corrected chi connectivity index (χ2v) is 6.07. The summed E-state index contributed by atoms with van der Waals surface area (Å²) in [6.45, 7) is 1.18. The van der Waals surface area contributed by atoms with Gasteiger partial charge in [-0.05, 0) is 24.1 Å². The monoisotopic (exact) mass is 358 g/mol. The second-order valence-electron chi connectivity index (χ2n) is 5.01. The van der Waals surface area contributed by atoms with Gasteiger partial charge in [-0.25, -0.2) is 4.79 Å². The molecule has 0 aromatic heterocycles. The first-order chi connectivity index (χ1) is 11.1. The van der Waals surface area contributed by atoms with Gasteiger partial charge in [-0.1, -0.05) is 0 Å². The number of nitrogens with two attached hydrogens (primary N) is 1. The molecule has 0 fully saturated rings. The number of carbonyl (C=O) groups is 3. The van der Waals surface area contributed by atoms with Crippen molar-refractivity contribution in [2.24, 2.45) is 5.73 Å². The fraction of sp³-hybridized carbons (Fsp3) is 0.357. The van der Waals surface area contributed by atoms with Crippen LogP contribution < -0.4 is 11.1 Å². The highest BCUT2D eigenvalue weighted by atomic mass is 32.2. The van der Waals surface area contributed by atoms with Crippen LogP contribution in [0.1, 0.15) is 12.5 Å². The molecule has 2 atom stereocenters. The summed E-state index contributed by atoms with van der Waals surface area (Å²) in [5, 5.41) is 39.7. The molecule has 0 aliphatic heterocycles. The Morgan fingerprint density at radius 3 is 2.33 bits per heavy atom. The van der Waals surface area contributed by atoms with Crippen LogP contribution in [0.2, 0.25) is 0 Å². The summed E-state index contributed by atoms with van der Waals surface area (Å²) in [5.41, 5.74) is 5.80. The first-order valence-corrected chi connectivity index (χ1v) is 7.76. The number of amides is 1. The SMILES string of the molecule is CC(=O)N[C@H](CSc1cc(C[C@H](N)C(=O)O)cc(O)c1O)C(=O)O. The van der Waals surface area contributed by atoms with E-state index in [1.54, 1.807) is 0 Å². The van der Waals surface area contributed by atoms with Crippen LogP contribution in [-0.2, 0) is 20.8 Å². The Morgan fingerprint density at radius 1 is 1.21 bits per heavy atom. The smallest absolute Gasteiger partial charge is 0.327 e. The van der Waals surface area contributed by atoms with Crippen molar-refractivity contribution in [1.82, 2.24) is 5.32 Å². The van der Waals surface area contributed by atoms with E-state index in [9.17, 15) is 24.6 Å². The van der Waals surface area contributed by atoms with Crippen molar-refractivity contribution in [2.75, 3.05) is 5.75 Å². The summed E-state index contributed by atoms with van der Waals surface area (Å²) in [5.74, 6) is -4.01. The van der Waals surface area contributed by atoms with Gasteiger partial charge in [0, 0.05) is 12.7 Å². The van der Waals surface area contributed by atoms with Crippen LogP contribution in [0, 0.1) is 0 Å². The van der Waals surface area contributed by atoms with Gasteiger partial charge in [-0.2, -0.15) is 0 Å². The van der Waals surface area contributed by atoms with Gasteiger partial charge >= 0.3 is 11.9 Å². The number of carbonyl (C=O) groups excluding carboxylic acids is 1. The van der Waals surface area contributed by atoms with Crippen molar-refractivity contribution >= 4 is 29.6 Å². The molecule has 9 nitrogen and oxygen atoms in total. The normalized spacial score (nSPS) is 13.1. The molecule has 132 valence electrons. The molecule has 1 amide bonds. The maximum atomic E-state index is 11.1. The van der Waals surface area contributed by atoms with Crippen molar-refractivity contribution in [3.63, 3.8) is 0 Å². The maximum absolute atomic E-state index is 11.1. The van der Waals surface area contributed by atoms with Gasteiger partial charge in [-0.3, -0.25) is 9.59 Å². The van der Waals surface area contributed by atoms with E-state index in [2.05, 4.69) is 5.32 Å². The number of benzene rings is 1. The lowest BCUT2D eigenvalue weighted by Gasteiger charge is -2.15. The minimum Gasteiger partial charge on any atom is -0.504 e. The summed E-state index contributed by atoms with van der Waals surface area (Å²) >= 11 is 0.895. The largest absolute Gasteiger partial charge is 0.504 e. The Labute approximate surface area is 141 Å². The van der Waals surface area contributed by atoms with Crippen molar-refractivity contribution < 1.29 is 34.8 Å². The number of aliphatic carboxylic acids is 2. The average molecular weight is 358 g/mol. The molecule has 0 aliphatic carbocycles. The molecular formula is C14H18N2O7S. The zero-order valence-electron chi connectivity index (χ0n) is 12.7. The Morgan fingerprint density at radius 2 is 1.83 bits per heavy atom. The summed E-state index contributed by atoms with van der Waals surface area (Å²) in [6, 6.07) is 0.233. The number of phenolic OH excluding ortho intramolecular Hbond substituents is 2. The first-order valence-electron chi connectivity index (χ1n) is 6.77. The molecule has 1 aromatic rings. The van der Waals surface area contributed by atoms with E-state index >= 15 is 0 Å². The van der Waals surface area contributed by atoms with Crippen LogP contribution in [-0.4, -0.2) is 56.1 Å². The third-order valence-electron chi connectivity index (χ3n) is 2.97. The van der Waals surface area contributed by atoms with E-state index in [-0.39, 0.29) is 17.1 Å². The third kappa shape index (κ3) is 5.63. The number of hydrogen-bond acceptors (Lipinski definition) is 7. The van der Waals surface area contributed by atoms with Gasteiger partial charge in [-0.15, -0.1) is 11.8 Å². The van der Waals surface area contributed by atoms with Crippen LogP contribution in [0.4, 0.5) is 0 Å². The lowest BCUT2D eigenvalue weighted by molar-refractivity contribution is -0.141. The first kappa shape index (κ1) is 19.6. The number of carboxylic acids is 2. The van der Waals surface area contributed by atoms with E-state index in [0.717, 1.165) is 11.8 Å². The highest BCUT2D eigenvalue weighted by Gasteiger charge is 2.21. The zero-order chi connectivity index (χ0) is 18.4. The quantitative estimate of drug-likeness (QED) is 0.270. The molecule has 0 bridgehead atoms. The fourth-order valence-electron chi connectivity index (χ4n) is 1.81. The third-order valence-corrected chi connectivity index (χ3v) is 4.09. The molecule has 0 saturated carbocycles. The molecule has 0 spiro atoms. The molecule has 0 radical (unpaired) electrons. The fourth-order valence-corrected chi connectivity index (χ4v) is 2.86. The van der Waals surface area contributed by atoms with Crippen molar-refractivity contribution in [1.29, 1.82) is 0 Å². The van der Waals surface area contributed by atoms with Gasteiger partial charge in [0.25, 0.3) is 0 Å². The van der Waals surface area contributed by atoms with Gasteiger partial charge in [0.15, 0.2) is 11.5 Å². The predicted octanol–water partition coefficient (Wildman–Crippen LogP) is -0.266. The number of nitrogens with one attached hydrogen (secondary N) is 1. The molecule has 10 heteroatoms. The van der Waals surface area contributed by atoms with Gasteiger partial charge in [0.1, 0.15) is 12.1 Å². The van der Waals surface area contributed by atoms with E-state index in [1.165, 1.54) is 19.1 Å². The Balaban J connectivity index is 2.93. The van der Waals surface area contributed by atoms with Crippen molar-refractivity contribution in [3.8, 4) is 11.5 Å². The highest BCUT2D eigenvalue weighted by molar-refractivity contribution is 7.99. The van der Waals surface area contributed by atoms with Crippen molar-refractivity contribution in [2.45, 2.75) is 30.3 Å². The minimum absolute atomic E-state index is 0.0786. The molecule has 7 N–H and O–H groups in total. The Bertz CT molecular complexity index is 650. The predicted molar refractivity (Wildman–Crippen MR) is 85.1 cm³/mol. The highest BCUT2D eigenvalue weighted by Crippen LogP contribution is 2.37. The van der Waals surface area contributed by atoms with Crippen LogP contribution in [0.3, 0.4) is 0 Å². The molecule has 1 rings (SSSR count). The number of rotatable bonds is 8. The Kier molecular flexibility index (Phi) is 6.86. The summed E-state index contributed by atoms with van der Waals surface area (Å²) in [7, 11) is 0. The number of carboxylic acid groups (broad SMARTS) is 2. The average Bonchev–Trinajstić information content (AvgIpc) is 2.46. The van der Waals surface area contributed by atoms with Crippen molar-refractivity contribution in [3.05, 3.63) is 17.7 Å². The Hall–Kier alpha value is -2.46. The second kappa shape index (κ2) is 8.41. The molecule has 0 aliphatic rings. The van der Waals surface area contributed by atoms with E-state index in [0.29, 0.717) is 5.56 Å². The van der Waals surface area contributed by atoms with Gasteiger partial charge in [0.2, 0.25) is 5.91 Å². The zero-order valence-corrected chi connectivity index (χ0v) is 13.5. The minimum atomic E-state index is -1.24. The molecular weight excluding hydrogens is 340 g/mol. The lowest BCUT2D eigenvalue weighted by atomic mass is 10.1. The number of hydrogen-bond donors (Lipinski definition) is 6. The topological polar surface area (TPSA) is 170 Å². The summed E-state index contributed by atoms with van der Waals surface area (Å²) < 4.78 is 0. The van der Waals surface area contributed by atoms with E-state index < -0.39 is 41.4 Å². The molecule has 1 aromatic carbocycles. The molecule has 0 heterocycles. The molecule has 0 saturated heterocycles. The lowest BCUT2D eigenvalue weighted by Crippen LogP contribution is -2.41. The maximum Gasteiger partial charge on any atom is 0.327 e. The van der Waals surface area contributed by atoms with Crippen LogP contribution in [0.25, 0.3) is 0 Å². The summed E-state index contributed by atoms with van der Waals surface area (Å²) in [4.78, 5) is 33.0. The van der Waals surface area contributed by atoms with Crippen LogP contribution in [0.15, 0.2) is 17.0 Å². The number of thioether (sulfide) groups is 1. The number of aromatic hydroxyl groups is 2. The standard InChI is InChI=1S/C14H18N2O7S/c1-6(17)16-9(14(22)23)5-24-11-4-7(2-8(15)13(20)21)3-10(18)12(11)19/h3-4,8-9,18-19H,2,5,15H2,1H3,(H,16,17)(H,20,21)(H,22,23)/t8-,9+/m0/s1. The van der Waals surface area contributed by atoms with Gasteiger partial charge in [0.05, 0.1) is 4.90 Å². The van der Waals surface area contributed by atoms with E-state index in [1.807, 2.05) is 0 Å². The van der Waals surface area contributed by atoms with E-state index in [4.69, 9.17) is 15.9 Å². The number of phenols is 2. The van der Waals surface area contributed by atoms with Crippen LogP contribution >= 0.6 is 11.8 Å². The summed E-state index contributed by atoms with van der Waals surface area (Å²) in [6.07, 6.45) is -0.0786. The molecule has 24 heavy (non-hydrogen) atoms. The van der Waals surface area contributed by atoms with Gasteiger partial charge < -0.3 is 31.5 Å². The molecule has 0 unspecified atom stereocenters. The van der Waals surface area contributed by atoms with Crippen LogP contribution in [0.5, 0.6) is 11.5 Å².